The number of anilines is 1. The van der Waals surface area contributed by atoms with E-state index in [1.165, 1.54) is 6.26 Å². The van der Waals surface area contributed by atoms with Crippen LogP contribution in [0.2, 0.25) is 0 Å². The number of ether oxygens (including phenoxy) is 1. The van der Waals surface area contributed by atoms with Gasteiger partial charge in [-0.05, 0) is 44.0 Å². The van der Waals surface area contributed by atoms with E-state index in [0.717, 1.165) is 22.4 Å². The third-order valence-electron chi connectivity index (χ3n) is 4.76. The quantitative estimate of drug-likeness (QED) is 0.774. The molecule has 1 atom stereocenters. The molecule has 1 aliphatic heterocycles. The molecule has 1 saturated heterocycles. The Labute approximate surface area is 163 Å². The predicted octanol–water partition coefficient (Wildman–Crippen LogP) is 2.74. The van der Waals surface area contributed by atoms with Gasteiger partial charge in [0, 0.05) is 18.7 Å². The van der Waals surface area contributed by atoms with Gasteiger partial charge in [-0.1, -0.05) is 17.7 Å². The molecule has 0 radical (unpaired) electrons. The van der Waals surface area contributed by atoms with E-state index in [-0.39, 0.29) is 25.5 Å². The first-order chi connectivity index (χ1) is 13.3. The summed E-state index contributed by atoms with van der Waals surface area (Å²) < 4.78 is 10.4. The van der Waals surface area contributed by atoms with Crippen molar-refractivity contribution in [3.8, 4) is 0 Å². The van der Waals surface area contributed by atoms with Crippen LogP contribution in [0.1, 0.15) is 28.9 Å². The van der Waals surface area contributed by atoms with E-state index >= 15 is 0 Å². The van der Waals surface area contributed by atoms with E-state index in [4.69, 9.17) is 9.15 Å². The molecular formula is C21H24N2O5. The molecule has 0 spiro atoms. The van der Waals surface area contributed by atoms with Crippen molar-refractivity contribution in [2.24, 2.45) is 5.92 Å². The van der Waals surface area contributed by atoms with E-state index in [1.54, 1.807) is 17.0 Å². The lowest BCUT2D eigenvalue weighted by atomic mass is 10.1. The van der Waals surface area contributed by atoms with Crippen molar-refractivity contribution in [3.63, 3.8) is 0 Å². The second kappa shape index (κ2) is 8.29. The number of esters is 1. The highest BCUT2D eigenvalue weighted by Crippen LogP contribution is 2.23. The fourth-order valence-corrected chi connectivity index (χ4v) is 3.48. The summed E-state index contributed by atoms with van der Waals surface area (Å²) in [6, 6.07) is 7.48. The van der Waals surface area contributed by atoms with Crippen LogP contribution >= 0.6 is 0 Å². The number of hydrogen-bond acceptors (Lipinski definition) is 5. The van der Waals surface area contributed by atoms with Gasteiger partial charge in [-0.2, -0.15) is 0 Å². The third kappa shape index (κ3) is 4.60. The van der Waals surface area contributed by atoms with Crippen LogP contribution in [0.25, 0.3) is 0 Å². The van der Waals surface area contributed by atoms with E-state index in [0.29, 0.717) is 12.3 Å². The third-order valence-corrected chi connectivity index (χ3v) is 4.76. The fraction of sp³-hybridized carbons (Fsp3) is 0.381. The first kappa shape index (κ1) is 19.7. The molecule has 0 unspecified atom stereocenters. The minimum Gasteiger partial charge on any atom is -0.467 e. The van der Waals surface area contributed by atoms with E-state index in [2.05, 4.69) is 5.32 Å². The number of amides is 2. The highest BCUT2D eigenvalue weighted by Gasteiger charge is 2.35. The molecule has 0 bridgehead atoms. The lowest BCUT2D eigenvalue weighted by Crippen LogP contribution is -2.28. The summed E-state index contributed by atoms with van der Waals surface area (Å²) in [7, 11) is 0. The lowest BCUT2D eigenvalue weighted by Gasteiger charge is -2.15. The SMILES string of the molecule is Cc1cc(C)c(NC(=O)COC(=O)[C@H]2CC(=O)N(Cc3ccco3)C2)c(C)c1. The van der Waals surface area contributed by atoms with Gasteiger partial charge >= 0.3 is 5.97 Å². The first-order valence-electron chi connectivity index (χ1n) is 9.18. The summed E-state index contributed by atoms with van der Waals surface area (Å²) in [6.07, 6.45) is 1.62. The summed E-state index contributed by atoms with van der Waals surface area (Å²) >= 11 is 0. The Morgan fingerprint density at radius 1 is 1.25 bits per heavy atom. The Hall–Kier alpha value is -3.09. The Morgan fingerprint density at radius 3 is 2.61 bits per heavy atom. The number of rotatable bonds is 6. The standard InChI is InChI=1S/C21H24N2O5/c1-13-7-14(2)20(15(3)8-13)22-18(24)12-28-21(26)16-9-19(25)23(10-16)11-17-5-4-6-27-17/h4-8,16H,9-12H2,1-3H3,(H,22,24)/t16-/m0/s1. The van der Waals surface area contributed by atoms with Gasteiger partial charge in [-0.25, -0.2) is 0 Å². The van der Waals surface area contributed by atoms with Gasteiger partial charge in [0.05, 0.1) is 18.7 Å². The van der Waals surface area contributed by atoms with E-state index < -0.39 is 17.8 Å². The maximum Gasteiger partial charge on any atom is 0.311 e. The van der Waals surface area contributed by atoms with Crippen molar-refractivity contribution >= 4 is 23.5 Å². The van der Waals surface area contributed by atoms with Gasteiger partial charge in [-0.15, -0.1) is 0 Å². The van der Waals surface area contributed by atoms with Gasteiger partial charge in [0.15, 0.2) is 6.61 Å². The zero-order valence-electron chi connectivity index (χ0n) is 16.3. The van der Waals surface area contributed by atoms with Crippen molar-refractivity contribution in [3.05, 3.63) is 53.0 Å². The Balaban J connectivity index is 1.50. The molecule has 2 aromatic rings. The summed E-state index contributed by atoms with van der Waals surface area (Å²) in [4.78, 5) is 38.1. The number of nitrogens with one attached hydrogen (secondary N) is 1. The fourth-order valence-electron chi connectivity index (χ4n) is 3.48. The van der Waals surface area contributed by atoms with Crippen LogP contribution < -0.4 is 5.32 Å². The number of furan rings is 1. The molecule has 28 heavy (non-hydrogen) atoms. The van der Waals surface area contributed by atoms with Crippen LogP contribution in [-0.2, 0) is 25.7 Å². The molecular weight excluding hydrogens is 360 g/mol. The molecule has 1 aliphatic rings. The number of likely N-dealkylation sites (tertiary alicyclic amines) is 1. The van der Waals surface area contributed by atoms with Crippen LogP contribution in [0.3, 0.4) is 0 Å². The van der Waals surface area contributed by atoms with Crippen molar-refractivity contribution in [2.45, 2.75) is 33.7 Å². The molecule has 1 aromatic heterocycles. The summed E-state index contributed by atoms with van der Waals surface area (Å²) in [5.41, 5.74) is 3.75. The van der Waals surface area contributed by atoms with Crippen molar-refractivity contribution < 1.29 is 23.5 Å². The predicted molar refractivity (Wildman–Crippen MR) is 102 cm³/mol. The Bertz CT molecular complexity index is 865. The van der Waals surface area contributed by atoms with Crippen LogP contribution in [0, 0.1) is 26.7 Å². The average molecular weight is 384 g/mol. The van der Waals surface area contributed by atoms with Crippen LogP contribution in [0.15, 0.2) is 34.9 Å². The van der Waals surface area contributed by atoms with Crippen LogP contribution in [-0.4, -0.2) is 35.8 Å². The molecule has 0 saturated carbocycles. The van der Waals surface area contributed by atoms with Gasteiger partial charge < -0.3 is 19.4 Å². The average Bonchev–Trinajstić information content (AvgIpc) is 3.26. The van der Waals surface area contributed by atoms with Crippen molar-refractivity contribution in [1.29, 1.82) is 0 Å². The molecule has 1 N–H and O–H groups in total. The topological polar surface area (TPSA) is 88.8 Å². The number of hydrogen-bond donors (Lipinski definition) is 1. The highest BCUT2D eigenvalue weighted by molar-refractivity contribution is 5.95. The van der Waals surface area contributed by atoms with Gasteiger partial charge in [0.1, 0.15) is 5.76 Å². The minimum absolute atomic E-state index is 0.0807. The number of carbonyl (C=O) groups excluding carboxylic acids is 3. The number of nitrogens with zero attached hydrogens (tertiary/aromatic N) is 1. The molecule has 0 aliphatic carbocycles. The maximum atomic E-state index is 12.3. The lowest BCUT2D eigenvalue weighted by molar-refractivity contribution is -0.151. The molecule has 2 heterocycles. The van der Waals surface area contributed by atoms with Crippen molar-refractivity contribution in [1.82, 2.24) is 4.90 Å². The smallest absolute Gasteiger partial charge is 0.311 e. The second-order valence-corrected chi connectivity index (χ2v) is 7.18. The highest BCUT2D eigenvalue weighted by atomic mass is 16.5. The molecule has 1 fully saturated rings. The number of carbonyl (C=O) groups is 3. The van der Waals surface area contributed by atoms with Crippen molar-refractivity contribution in [2.75, 3.05) is 18.5 Å². The van der Waals surface area contributed by atoms with E-state index in [9.17, 15) is 14.4 Å². The van der Waals surface area contributed by atoms with Gasteiger partial charge in [-0.3, -0.25) is 14.4 Å². The zero-order valence-corrected chi connectivity index (χ0v) is 16.3. The molecule has 1 aromatic carbocycles. The Morgan fingerprint density at radius 2 is 1.96 bits per heavy atom. The largest absolute Gasteiger partial charge is 0.467 e. The molecule has 7 nitrogen and oxygen atoms in total. The van der Waals surface area contributed by atoms with E-state index in [1.807, 2.05) is 32.9 Å². The van der Waals surface area contributed by atoms with Crippen LogP contribution in [0.4, 0.5) is 5.69 Å². The summed E-state index contributed by atoms with van der Waals surface area (Å²) in [5.74, 6) is -0.986. The molecule has 7 heteroatoms. The first-order valence-corrected chi connectivity index (χ1v) is 9.18. The number of aryl methyl sites for hydroxylation is 3. The maximum absolute atomic E-state index is 12.3. The second-order valence-electron chi connectivity index (χ2n) is 7.18. The normalized spacial score (nSPS) is 16.3. The van der Waals surface area contributed by atoms with Gasteiger partial charge in [0.25, 0.3) is 5.91 Å². The monoisotopic (exact) mass is 384 g/mol. The molecule has 148 valence electrons. The molecule has 2 amide bonds. The van der Waals surface area contributed by atoms with Gasteiger partial charge in [0.2, 0.25) is 5.91 Å². The van der Waals surface area contributed by atoms with Crippen LogP contribution in [0.5, 0.6) is 0 Å². The Kier molecular flexibility index (Phi) is 5.82. The summed E-state index contributed by atoms with van der Waals surface area (Å²) in [6.45, 7) is 6.02. The summed E-state index contributed by atoms with van der Waals surface area (Å²) in [5, 5.41) is 2.79. The number of benzene rings is 1. The minimum atomic E-state index is -0.571. The molecule has 3 rings (SSSR count). The zero-order chi connectivity index (χ0) is 20.3.